The van der Waals surface area contributed by atoms with Crippen molar-refractivity contribution in [1.82, 2.24) is 5.73 Å². The first-order valence-electron chi connectivity index (χ1n) is 2.64. The normalized spacial score (nSPS) is 9.43. The molecule has 0 aromatic rings. The van der Waals surface area contributed by atoms with Crippen LogP contribution in [0.25, 0.3) is 0 Å². The van der Waals surface area contributed by atoms with Crippen LogP contribution in [-0.2, 0) is 0 Å². The average molecular weight is 117 g/mol. The van der Waals surface area contributed by atoms with Gasteiger partial charge in [-0.15, -0.1) is 0 Å². The minimum Gasteiger partial charge on any atom is -0.258 e. The summed E-state index contributed by atoms with van der Waals surface area (Å²) in [4.78, 5) is 0. The Bertz CT molecular complexity index is 27.3. The van der Waals surface area contributed by atoms with Crippen molar-refractivity contribution in [2.24, 2.45) is 0 Å². The summed E-state index contributed by atoms with van der Waals surface area (Å²) in [5, 5.41) is 0. The third kappa shape index (κ3) is 6.31. The Hall–Kier alpha value is 0.310. The molecule has 7 heavy (non-hydrogen) atoms. The predicted molar refractivity (Wildman–Crippen MR) is 34.3 cm³/mol. The molecule has 0 amide bonds. The van der Waals surface area contributed by atoms with Gasteiger partial charge in [0.05, 0.1) is 0 Å². The van der Waals surface area contributed by atoms with Gasteiger partial charge in [0.25, 0.3) is 0 Å². The maximum Gasteiger partial charge on any atom is 0.00997 e. The van der Waals surface area contributed by atoms with E-state index >= 15 is 0 Å². The fourth-order valence-electron chi connectivity index (χ4n) is 0.404. The lowest BCUT2D eigenvalue weighted by atomic mass is 10.2. The number of hydrogen-bond acceptors (Lipinski definition) is 0. The monoisotopic (exact) mass is 117 g/mol. The van der Waals surface area contributed by atoms with E-state index in [4.69, 9.17) is 18.4 Å². The van der Waals surface area contributed by atoms with Gasteiger partial charge in [-0.3, -0.25) is 5.73 Å². The Balaban J connectivity index is 2.45. The van der Waals surface area contributed by atoms with E-state index in [1.54, 1.807) is 0 Å². The highest BCUT2D eigenvalue weighted by Crippen LogP contribution is 1.93. The van der Waals surface area contributed by atoms with Gasteiger partial charge >= 0.3 is 0 Å². The Morgan fingerprint density at radius 2 is 1.86 bits per heavy atom. The van der Waals surface area contributed by atoms with Crippen LogP contribution < -0.4 is 5.73 Å². The summed E-state index contributed by atoms with van der Waals surface area (Å²) in [6, 6.07) is 0. The van der Waals surface area contributed by atoms with E-state index in [2.05, 4.69) is 0 Å². The highest BCUT2D eigenvalue weighted by molar-refractivity contribution is 7.80. The Morgan fingerprint density at radius 3 is 2.29 bits per heavy atom. The molecule has 0 atom stereocenters. The van der Waals surface area contributed by atoms with Crippen molar-refractivity contribution in [3.8, 4) is 0 Å². The fraction of sp³-hybridized carbons (Fsp3) is 1.00. The number of unbranched alkanes of at least 4 members (excludes halogenated alkanes) is 2. The van der Waals surface area contributed by atoms with E-state index in [9.17, 15) is 0 Å². The lowest BCUT2D eigenvalue weighted by Gasteiger charge is -1.89. The van der Waals surface area contributed by atoms with E-state index in [1.165, 1.54) is 0 Å². The van der Waals surface area contributed by atoms with Crippen LogP contribution in [-0.4, -0.2) is 12.3 Å². The zero-order valence-corrected chi connectivity index (χ0v) is 5.26. The predicted octanol–water partition coefficient (Wildman–Crippen LogP) is 1.64. The van der Waals surface area contributed by atoms with Gasteiger partial charge in [0.1, 0.15) is 0 Å². The van der Waals surface area contributed by atoms with Crippen molar-refractivity contribution in [2.45, 2.75) is 19.3 Å². The van der Waals surface area contributed by atoms with Crippen molar-refractivity contribution < 1.29 is 0 Å². The third-order valence-corrected chi connectivity index (χ3v) is 1.11. The molecule has 0 aromatic carbocycles. The first-order valence-corrected chi connectivity index (χ1v) is 3.22. The van der Waals surface area contributed by atoms with Gasteiger partial charge in [0.15, 0.2) is 0 Å². The fourth-order valence-corrected chi connectivity index (χ4v) is 0.608. The average Bonchev–Trinajstić information content (AvgIpc) is 1.69. The largest absolute Gasteiger partial charge is 0.258 e. The lowest BCUT2D eigenvalue weighted by Crippen LogP contribution is -1.84. The molecule has 0 aliphatic rings. The maximum atomic E-state index is 6.75. The molecule has 1 N–H and O–H groups in total. The molecule has 1 nitrogen and oxygen atoms in total. The van der Waals surface area contributed by atoms with Gasteiger partial charge in [-0.05, 0) is 12.8 Å². The molecule has 2 radical (unpaired) electrons. The molecule has 0 aromatic heterocycles. The minimum absolute atomic E-state index is 0.565. The molecule has 0 fully saturated rings. The quantitative estimate of drug-likeness (QED) is 0.500. The van der Waals surface area contributed by atoms with Gasteiger partial charge in [0, 0.05) is 12.3 Å². The summed E-state index contributed by atoms with van der Waals surface area (Å²) in [6.45, 7) is 0.565. The molecule has 0 aliphatic carbocycles. The van der Waals surface area contributed by atoms with E-state index in [0.717, 1.165) is 25.0 Å². The minimum atomic E-state index is 0.565. The topological polar surface area (TPSA) is 23.8 Å². The summed E-state index contributed by atoms with van der Waals surface area (Å²) in [5.41, 5.74) is 6.75. The first kappa shape index (κ1) is 7.31. The van der Waals surface area contributed by atoms with Crippen LogP contribution in [0.2, 0.25) is 0 Å². The molecular weight excluding hydrogens is 106 g/mol. The molecular formula is C5H11NS. The van der Waals surface area contributed by atoms with Crippen molar-refractivity contribution >= 4 is 12.6 Å². The van der Waals surface area contributed by atoms with E-state index < -0.39 is 0 Å². The van der Waals surface area contributed by atoms with Crippen LogP contribution in [0.4, 0.5) is 0 Å². The third-order valence-electron chi connectivity index (χ3n) is 0.821. The van der Waals surface area contributed by atoms with E-state index in [0.29, 0.717) is 6.54 Å². The number of rotatable bonds is 4. The van der Waals surface area contributed by atoms with Gasteiger partial charge in [-0.1, -0.05) is 19.0 Å². The van der Waals surface area contributed by atoms with E-state index in [1.807, 2.05) is 0 Å². The van der Waals surface area contributed by atoms with Gasteiger partial charge < -0.3 is 0 Å². The van der Waals surface area contributed by atoms with Crippen LogP contribution >= 0.6 is 12.6 Å². The first-order chi connectivity index (χ1) is 3.41. The standard InChI is InChI=1S/C5H11NS/c6-4-2-1-3-5-7/h6H,1-5H2. The van der Waals surface area contributed by atoms with Gasteiger partial charge in [0.2, 0.25) is 0 Å². The molecule has 0 heterocycles. The Labute approximate surface area is 50.7 Å². The van der Waals surface area contributed by atoms with E-state index in [-0.39, 0.29) is 0 Å². The van der Waals surface area contributed by atoms with Crippen LogP contribution in [0.3, 0.4) is 0 Å². The molecule has 0 bridgehead atoms. The molecule has 2 heteroatoms. The molecule has 0 unspecified atom stereocenters. The second-order valence-corrected chi connectivity index (χ2v) is 1.92. The molecule has 0 spiro atoms. The Morgan fingerprint density at radius 1 is 1.14 bits per heavy atom. The molecule has 42 valence electrons. The van der Waals surface area contributed by atoms with Crippen LogP contribution in [0, 0.1) is 0 Å². The van der Waals surface area contributed by atoms with Crippen molar-refractivity contribution in [2.75, 3.05) is 12.3 Å². The summed E-state index contributed by atoms with van der Waals surface area (Å²) < 4.78 is 0. The van der Waals surface area contributed by atoms with Crippen LogP contribution in [0.5, 0.6) is 0 Å². The number of nitrogens with one attached hydrogen (secondary N) is 1. The molecule has 0 saturated carbocycles. The second kappa shape index (κ2) is 6.31. The second-order valence-electron chi connectivity index (χ2n) is 1.51. The Kier molecular flexibility index (Phi) is 6.59. The highest BCUT2D eigenvalue weighted by atomic mass is 32.1. The maximum absolute atomic E-state index is 6.75. The zero-order chi connectivity index (χ0) is 5.54. The van der Waals surface area contributed by atoms with Crippen molar-refractivity contribution in [3.63, 3.8) is 0 Å². The summed E-state index contributed by atoms with van der Waals surface area (Å²) >= 11 is 4.70. The van der Waals surface area contributed by atoms with Gasteiger partial charge in [-0.25, -0.2) is 0 Å². The smallest absolute Gasteiger partial charge is 0.00997 e. The number of hydrogen-bond donors (Lipinski definition) is 0. The van der Waals surface area contributed by atoms with Crippen LogP contribution in [0.15, 0.2) is 0 Å². The summed E-state index contributed by atoms with van der Waals surface area (Å²) in [5.74, 6) is 0.861. The van der Waals surface area contributed by atoms with Crippen molar-refractivity contribution in [3.05, 3.63) is 0 Å². The highest BCUT2D eigenvalue weighted by Gasteiger charge is 1.81. The zero-order valence-electron chi connectivity index (χ0n) is 4.44. The molecule has 0 aliphatic heterocycles. The van der Waals surface area contributed by atoms with Crippen LogP contribution in [0.1, 0.15) is 19.3 Å². The summed E-state index contributed by atoms with van der Waals surface area (Å²) in [7, 11) is 0. The SMILES string of the molecule is [NH]CCCCC[S]. The van der Waals surface area contributed by atoms with Crippen molar-refractivity contribution in [1.29, 1.82) is 0 Å². The lowest BCUT2D eigenvalue weighted by molar-refractivity contribution is 0.724. The summed E-state index contributed by atoms with van der Waals surface area (Å²) in [6.07, 6.45) is 3.29. The van der Waals surface area contributed by atoms with Gasteiger partial charge in [-0.2, -0.15) is 0 Å². The molecule has 0 rings (SSSR count). The molecule has 0 saturated heterocycles.